The molecule has 6 heteroatoms. The number of carboxylic acids is 1. The van der Waals surface area contributed by atoms with Gasteiger partial charge in [-0.2, -0.15) is 0 Å². The summed E-state index contributed by atoms with van der Waals surface area (Å²) in [5.74, 6) is -0.833. The van der Waals surface area contributed by atoms with E-state index in [-0.39, 0.29) is 18.0 Å². The summed E-state index contributed by atoms with van der Waals surface area (Å²) in [5.41, 5.74) is -0.194. The number of carboxylic acid groups (broad SMARTS) is 1. The zero-order chi connectivity index (χ0) is 15.0. The summed E-state index contributed by atoms with van der Waals surface area (Å²) in [5, 5.41) is 11.4. The fourth-order valence-electron chi connectivity index (χ4n) is 3.00. The third-order valence-corrected chi connectivity index (χ3v) is 3.81. The van der Waals surface area contributed by atoms with E-state index in [1.54, 1.807) is 7.11 Å². The van der Waals surface area contributed by atoms with Crippen molar-refractivity contribution in [2.75, 3.05) is 26.8 Å². The molecule has 1 atom stereocenters. The molecule has 0 aliphatic carbocycles. The summed E-state index contributed by atoms with van der Waals surface area (Å²) in [4.78, 5) is 24.6. The zero-order valence-corrected chi connectivity index (χ0v) is 12.5. The van der Waals surface area contributed by atoms with Crippen molar-refractivity contribution in [3.63, 3.8) is 0 Å². The number of carbonyl (C=O) groups is 2. The molecule has 2 N–H and O–H groups in total. The van der Waals surface area contributed by atoms with Crippen molar-refractivity contribution in [1.29, 1.82) is 0 Å². The molecule has 0 radical (unpaired) electrons. The van der Waals surface area contributed by atoms with Crippen LogP contribution in [0.2, 0.25) is 0 Å². The van der Waals surface area contributed by atoms with Gasteiger partial charge in [0.25, 0.3) is 0 Å². The van der Waals surface area contributed by atoms with Crippen molar-refractivity contribution in [2.45, 2.75) is 51.0 Å². The summed E-state index contributed by atoms with van der Waals surface area (Å²) in [7, 11) is 1.67. The van der Waals surface area contributed by atoms with Gasteiger partial charge in [-0.1, -0.05) is 13.3 Å². The van der Waals surface area contributed by atoms with Crippen LogP contribution in [0.25, 0.3) is 0 Å². The molecule has 1 rings (SSSR count). The Morgan fingerprint density at radius 3 is 2.80 bits per heavy atom. The third-order valence-electron chi connectivity index (χ3n) is 3.81. The summed E-state index contributed by atoms with van der Waals surface area (Å²) >= 11 is 0. The van der Waals surface area contributed by atoms with Gasteiger partial charge < -0.3 is 20.1 Å². The highest BCUT2D eigenvalue weighted by Gasteiger charge is 2.42. The minimum absolute atomic E-state index is 0.0818. The van der Waals surface area contributed by atoms with Crippen molar-refractivity contribution in [2.24, 2.45) is 0 Å². The Balaban J connectivity index is 2.53. The van der Waals surface area contributed by atoms with E-state index >= 15 is 0 Å². The first-order valence-electron chi connectivity index (χ1n) is 7.32. The van der Waals surface area contributed by atoms with Crippen LogP contribution < -0.4 is 5.32 Å². The number of urea groups is 1. The fourth-order valence-corrected chi connectivity index (χ4v) is 3.00. The Bertz CT molecular complexity index is 327. The minimum Gasteiger partial charge on any atom is -0.481 e. The van der Waals surface area contributed by atoms with E-state index in [1.165, 1.54) is 0 Å². The lowest BCUT2D eigenvalue weighted by molar-refractivity contribution is -0.137. The van der Waals surface area contributed by atoms with Crippen molar-refractivity contribution in [1.82, 2.24) is 10.2 Å². The Morgan fingerprint density at radius 2 is 2.20 bits per heavy atom. The number of methoxy groups -OCH3 is 1. The molecule has 0 spiro atoms. The summed E-state index contributed by atoms with van der Waals surface area (Å²) in [6.07, 6.45) is 4.44. The molecule has 0 saturated carbocycles. The maximum absolute atomic E-state index is 12.3. The van der Waals surface area contributed by atoms with Crippen LogP contribution in [0.1, 0.15) is 45.4 Å². The Labute approximate surface area is 120 Å². The van der Waals surface area contributed by atoms with Gasteiger partial charge in [0.2, 0.25) is 0 Å². The van der Waals surface area contributed by atoms with Crippen molar-refractivity contribution in [3.05, 3.63) is 0 Å². The average Bonchev–Trinajstić information content (AvgIpc) is 2.79. The number of ether oxygens (including phenoxy) is 1. The molecule has 1 heterocycles. The lowest BCUT2D eigenvalue weighted by Crippen LogP contribution is -2.54. The molecule has 6 nitrogen and oxygen atoms in total. The van der Waals surface area contributed by atoms with Crippen molar-refractivity contribution < 1.29 is 19.4 Å². The number of nitrogens with one attached hydrogen (secondary N) is 1. The van der Waals surface area contributed by atoms with E-state index in [9.17, 15) is 9.59 Å². The molecule has 0 aromatic carbocycles. The van der Waals surface area contributed by atoms with Gasteiger partial charge in [0.05, 0.1) is 12.1 Å². The second-order valence-electron chi connectivity index (χ2n) is 5.39. The lowest BCUT2D eigenvalue weighted by atomic mass is 9.91. The van der Waals surface area contributed by atoms with Crippen LogP contribution in [-0.2, 0) is 9.53 Å². The third kappa shape index (κ3) is 4.37. The van der Waals surface area contributed by atoms with E-state index in [2.05, 4.69) is 12.2 Å². The molecule has 20 heavy (non-hydrogen) atoms. The molecule has 0 aromatic heterocycles. The number of amides is 2. The van der Waals surface area contributed by atoms with Gasteiger partial charge in [-0.15, -0.1) is 0 Å². The van der Waals surface area contributed by atoms with Crippen LogP contribution in [-0.4, -0.2) is 54.4 Å². The molecule has 1 saturated heterocycles. The number of likely N-dealkylation sites (tertiary alicyclic amines) is 1. The topological polar surface area (TPSA) is 78.9 Å². The predicted molar refractivity (Wildman–Crippen MR) is 75.7 cm³/mol. The van der Waals surface area contributed by atoms with E-state index in [4.69, 9.17) is 9.84 Å². The first-order chi connectivity index (χ1) is 9.55. The minimum atomic E-state index is -0.833. The van der Waals surface area contributed by atoms with Crippen LogP contribution in [0.15, 0.2) is 0 Å². The van der Waals surface area contributed by atoms with Crippen molar-refractivity contribution >= 4 is 12.0 Å². The quantitative estimate of drug-likeness (QED) is 0.667. The number of aliphatic carboxylic acids is 1. The van der Waals surface area contributed by atoms with Crippen LogP contribution in [0.4, 0.5) is 4.79 Å². The Hall–Kier alpha value is -1.30. The normalized spacial score (nSPS) is 22.0. The molecule has 1 aliphatic heterocycles. The molecule has 1 unspecified atom stereocenters. The average molecular weight is 286 g/mol. The molecular weight excluding hydrogens is 260 g/mol. The summed E-state index contributed by atoms with van der Waals surface area (Å²) in [6, 6.07) is -0.0987. The van der Waals surface area contributed by atoms with Crippen LogP contribution in [0.3, 0.4) is 0 Å². The lowest BCUT2D eigenvalue weighted by Gasteiger charge is -2.38. The summed E-state index contributed by atoms with van der Waals surface area (Å²) in [6.45, 7) is 3.81. The second kappa shape index (κ2) is 8.09. The largest absolute Gasteiger partial charge is 0.481 e. The van der Waals surface area contributed by atoms with Crippen LogP contribution >= 0.6 is 0 Å². The highest BCUT2D eigenvalue weighted by molar-refractivity contribution is 5.75. The van der Waals surface area contributed by atoms with Gasteiger partial charge in [0.15, 0.2) is 0 Å². The highest BCUT2D eigenvalue weighted by Crippen LogP contribution is 2.33. The maximum atomic E-state index is 12.3. The molecular formula is C14H26N2O4. The molecule has 2 amide bonds. The van der Waals surface area contributed by atoms with Crippen molar-refractivity contribution in [3.8, 4) is 0 Å². The number of carbonyl (C=O) groups excluding carboxylic acids is 1. The van der Waals surface area contributed by atoms with Gasteiger partial charge in [0, 0.05) is 26.6 Å². The Kier molecular flexibility index (Phi) is 6.78. The number of hydrogen-bond acceptors (Lipinski definition) is 3. The van der Waals surface area contributed by atoms with Crippen LogP contribution in [0.5, 0.6) is 0 Å². The maximum Gasteiger partial charge on any atom is 0.317 e. The molecule has 0 aromatic rings. The standard InChI is InChI=1S/C14H26N2O4/c1-3-7-14(11-20-2)8-5-10-16(14)13(19)15-9-4-6-12(17)18/h3-11H2,1-2H3,(H,15,19)(H,17,18). The smallest absolute Gasteiger partial charge is 0.317 e. The molecule has 116 valence electrons. The second-order valence-corrected chi connectivity index (χ2v) is 5.39. The van der Waals surface area contributed by atoms with Gasteiger partial charge in [-0.25, -0.2) is 4.79 Å². The molecule has 0 bridgehead atoms. The van der Waals surface area contributed by atoms with E-state index in [0.717, 1.165) is 32.2 Å². The monoisotopic (exact) mass is 286 g/mol. The van der Waals surface area contributed by atoms with Gasteiger partial charge in [0.1, 0.15) is 0 Å². The fraction of sp³-hybridized carbons (Fsp3) is 0.857. The predicted octanol–water partition coefficient (Wildman–Crippen LogP) is 1.84. The number of rotatable bonds is 8. The van der Waals surface area contributed by atoms with Gasteiger partial charge in [-0.05, 0) is 25.7 Å². The highest BCUT2D eigenvalue weighted by atomic mass is 16.5. The van der Waals surface area contributed by atoms with Gasteiger partial charge in [-0.3, -0.25) is 4.79 Å². The molecule has 1 aliphatic rings. The van der Waals surface area contributed by atoms with E-state index in [0.29, 0.717) is 19.6 Å². The Morgan fingerprint density at radius 1 is 1.45 bits per heavy atom. The zero-order valence-electron chi connectivity index (χ0n) is 12.5. The first-order valence-corrected chi connectivity index (χ1v) is 7.32. The number of hydrogen-bond donors (Lipinski definition) is 2. The number of nitrogens with zero attached hydrogens (tertiary/aromatic N) is 1. The first kappa shape index (κ1) is 16.8. The van der Waals surface area contributed by atoms with Gasteiger partial charge >= 0.3 is 12.0 Å². The molecule has 1 fully saturated rings. The van der Waals surface area contributed by atoms with E-state index in [1.807, 2.05) is 4.90 Å². The van der Waals surface area contributed by atoms with Crippen LogP contribution in [0, 0.1) is 0 Å². The van der Waals surface area contributed by atoms with E-state index < -0.39 is 5.97 Å². The summed E-state index contributed by atoms with van der Waals surface area (Å²) < 4.78 is 5.32. The SMILES string of the molecule is CCCC1(COC)CCCN1C(=O)NCCCC(=O)O.